The molecule has 22 heavy (non-hydrogen) atoms. The van der Waals surface area contributed by atoms with E-state index >= 15 is 0 Å². The summed E-state index contributed by atoms with van der Waals surface area (Å²) in [5, 5.41) is 1.62. The molecule has 2 aliphatic rings. The number of hydrazine groups is 1. The van der Waals surface area contributed by atoms with Crippen LogP contribution in [0.3, 0.4) is 0 Å². The lowest BCUT2D eigenvalue weighted by atomic mass is 9.99. The molecule has 0 aliphatic carbocycles. The molecule has 1 aromatic rings. The number of amidine groups is 1. The Labute approximate surface area is 124 Å². The monoisotopic (exact) mass is 310 g/mol. The van der Waals surface area contributed by atoms with Gasteiger partial charge in [-0.2, -0.15) is 18.6 Å². The van der Waals surface area contributed by atoms with E-state index in [1.807, 2.05) is 0 Å². The van der Waals surface area contributed by atoms with Gasteiger partial charge in [-0.1, -0.05) is 0 Å². The van der Waals surface area contributed by atoms with Crippen molar-refractivity contribution in [3.8, 4) is 5.75 Å². The molecule has 0 radical (unpaired) electrons. The summed E-state index contributed by atoms with van der Waals surface area (Å²) in [6.07, 6.45) is 0.206. The van der Waals surface area contributed by atoms with Gasteiger partial charge in [0.15, 0.2) is 12.1 Å². The Balaban J connectivity index is 2.07. The van der Waals surface area contributed by atoms with Crippen molar-refractivity contribution in [2.24, 2.45) is 10.7 Å². The van der Waals surface area contributed by atoms with Crippen molar-refractivity contribution >= 4 is 11.4 Å². The van der Waals surface area contributed by atoms with Gasteiger partial charge in [0.2, 0.25) is 0 Å². The highest BCUT2D eigenvalue weighted by molar-refractivity contribution is 6.24. The summed E-state index contributed by atoms with van der Waals surface area (Å²) < 4.78 is 43.5. The molecular weight excluding hydrogens is 297 g/mol. The number of aliphatic imine (C=N–C) groups is 1. The Hall–Kier alpha value is -2.32. The van der Waals surface area contributed by atoms with Crippen molar-refractivity contribution in [1.82, 2.24) is 10.4 Å². The number of nitrogens with one attached hydrogen (secondary N) is 1. The number of alkyl halides is 3. The molecule has 2 heterocycles. The van der Waals surface area contributed by atoms with Gasteiger partial charge in [0.1, 0.15) is 5.75 Å². The molecule has 8 heteroatoms. The van der Waals surface area contributed by atoms with Crippen LogP contribution in [0.5, 0.6) is 5.75 Å². The molecule has 0 bridgehead atoms. The largest absolute Gasteiger partial charge is 0.496 e. The number of allylic oxidation sites excluding steroid dienone is 2. The molecular formula is C14H13F3N4O. The van der Waals surface area contributed by atoms with E-state index in [4.69, 9.17) is 10.5 Å². The van der Waals surface area contributed by atoms with Crippen molar-refractivity contribution in [3.63, 3.8) is 0 Å². The molecule has 116 valence electrons. The average Bonchev–Trinajstić information content (AvgIpc) is 2.85. The number of ether oxygens (including phenoxy) is 1. The normalized spacial score (nSPS) is 20.6. The first-order valence-electron chi connectivity index (χ1n) is 6.43. The van der Waals surface area contributed by atoms with Gasteiger partial charge in [-0.3, -0.25) is 10.7 Å². The topological polar surface area (TPSA) is 62.9 Å². The minimum atomic E-state index is -4.42. The number of hydrogen-bond donors (Lipinski definition) is 2. The van der Waals surface area contributed by atoms with Crippen LogP contribution < -0.4 is 15.9 Å². The van der Waals surface area contributed by atoms with Gasteiger partial charge in [-0.25, -0.2) is 4.99 Å². The predicted molar refractivity (Wildman–Crippen MR) is 75.5 cm³/mol. The van der Waals surface area contributed by atoms with Crippen molar-refractivity contribution < 1.29 is 17.9 Å². The molecule has 0 saturated heterocycles. The van der Waals surface area contributed by atoms with Gasteiger partial charge in [-0.15, -0.1) is 0 Å². The smallest absolute Gasteiger partial charge is 0.416 e. The molecule has 0 aromatic heterocycles. The summed E-state index contributed by atoms with van der Waals surface area (Å²) in [4.78, 5) is 4.23. The van der Waals surface area contributed by atoms with Gasteiger partial charge in [-0.05, 0) is 30.4 Å². The summed E-state index contributed by atoms with van der Waals surface area (Å²) in [5.74, 6) is 0.660. The molecule has 1 atom stereocenters. The zero-order valence-electron chi connectivity index (χ0n) is 11.6. The van der Waals surface area contributed by atoms with Crippen LogP contribution in [0.1, 0.15) is 11.1 Å². The van der Waals surface area contributed by atoms with Crippen molar-refractivity contribution in [1.29, 1.82) is 0 Å². The first-order valence-corrected chi connectivity index (χ1v) is 6.43. The van der Waals surface area contributed by atoms with Gasteiger partial charge in [0.25, 0.3) is 0 Å². The SMILES string of the molecule is COc1cc(C(F)(F)F)ccc1C1=CC=CN2NC(N)N=C12. The van der Waals surface area contributed by atoms with Crippen LogP contribution in [0.25, 0.3) is 5.57 Å². The van der Waals surface area contributed by atoms with Crippen LogP contribution in [0.2, 0.25) is 0 Å². The first-order chi connectivity index (χ1) is 10.4. The van der Waals surface area contributed by atoms with Crippen LogP contribution in [0.4, 0.5) is 13.2 Å². The van der Waals surface area contributed by atoms with E-state index < -0.39 is 18.0 Å². The molecule has 3 N–H and O–H groups in total. The third kappa shape index (κ3) is 2.46. The van der Waals surface area contributed by atoms with E-state index in [0.29, 0.717) is 17.0 Å². The van der Waals surface area contributed by atoms with E-state index in [-0.39, 0.29) is 5.75 Å². The first kappa shape index (κ1) is 14.6. The van der Waals surface area contributed by atoms with Crippen LogP contribution >= 0.6 is 0 Å². The summed E-state index contributed by atoms with van der Waals surface area (Å²) in [6, 6.07) is 3.36. The Morgan fingerprint density at radius 1 is 1.36 bits per heavy atom. The van der Waals surface area contributed by atoms with E-state index in [1.54, 1.807) is 23.4 Å². The molecule has 1 unspecified atom stereocenters. The molecule has 0 saturated carbocycles. The van der Waals surface area contributed by atoms with Gasteiger partial charge >= 0.3 is 6.18 Å². The summed E-state index contributed by atoms with van der Waals surface area (Å²) >= 11 is 0. The number of hydrogen-bond acceptors (Lipinski definition) is 5. The quantitative estimate of drug-likeness (QED) is 0.878. The Morgan fingerprint density at radius 3 is 2.82 bits per heavy atom. The minimum Gasteiger partial charge on any atom is -0.496 e. The maximum absolute atomic E-state index is 12.8. The lowest BCUT2D eigenvalue weighted by Gasteiger charge is -2.22. The standard InChI is InChI=1S/C14H13F3N4O/c1-22-11-7-8(14(15,16)17)4-5-9(11)10-3-2-6-21-12(10)19-13(18)20-21/h2-7,13,20H,18H2,1H3. The second-order valence-electron chi connectivity index (χ2n) is 4.73. The number of halogens is 3. The number of rotatable bonds is 2. The fourth-order valence-corrected chi connectivity index (χ4v) is 2.34. The van der Waals surface area contributed by atoms with Crippen LogP contribution in [-0.2, 0) is 6.18 Å². The summed E-state index contributed by atoms with van der Waals surface area (Å²) in [5.41, 5.74) is 8.98. The highest BCUT2D eigenvalue weighted by atomic mass is 19.4. The fourth-order valence-electron chi connectivity index (χ4n) is 2.34. The van der Waals surface area contributed by atoms with Crippen LogP contribution in [-0.4, -0.2) is 24.2 Å². The van der Waals surface area contributed by atoms with Crippen molar-refractivity contribution in [2.75, 3.05) is 7.11 Å². The minimum absolute atomic E-state index is 0.125. The third-order valence-electron chi connectivity index (χ3n) is 3.32. The molecule has 0 fully saturated rings. The van der Waals surface area contributed by atoms with E-state index in [9.17, 15) is 13.2 Å². The number of methoxy groups -OCH3 is 1. The summed E-state index contributed by atoms with van der Waals surface area (Å²) in [7, 11) is 1.33. The second-order valence-corrected chi connectivity index (χ2v) is 4.73. The second kappa shape index (κ2) is 5.15. The molecule has 3 rings (SSSR count). The van der Waals surface area contributed by atoms with E-state index in [2.05, 4.69) is 10.4 Å². The third-order valence-corrected chi connectivity index (χ3v) is 3.32. The number of benzene rings is 1. The van der Waals surface area contributed by atoms with Gasteiger partial charge in [0, 0.05) is 17.3 Å². The Kier molecular flexibility index (Phi) is 3.42. The average molecular weight is 310 g/mol. The molecule has 0 amide bonds. The van der Waals surface area contributed by atoms with E-state index in [0.717, 1.165) is 12.1 Å². The molecule has 2 aliphatic heterocycles. The highest BCUT2D eigenvalue weighted by Gasteiger charge is 2.33. The summed E-state index contributed by atoms with van der Waals surface area (Å²) in [6.45, 7) is 0. The number of nitrogens with two attached hydrogens (primary N) is 1. The van der Waals surface area contributed by atoms with Crippen LogP contribution in [0.15, 0.2) is 41.5 Å². The predicted octanol–water partition coefficient (Wildman–Crippen LogP) is 2.09. The maximum atomic E-state index is 12.8. The van der Waals surface area contributed by atoms with Crippen LogP contribution in [0, 0.1) is 0 Å². The zero-order valence-corrected chi connectivity index (χ0v) is 11.6. The number of fused-ring (bicyclic) bond motifs is 1. The molecule has 5 nitrogen and oxygen atoms in total. The molecule has 1 aromatic carbocycles. The Bertz CT molecular complexity index is 694. The Morgan fingerprint density at radius 2 is 2.14 bits per heavy atom. The van der Waals surface area contributed by atoms with Crippen molar-refractivity contribution in [3.05, 3.63) is 47.7 Å². The van der Waals surface area contributed by atoms with Crippen molar-refractivity contribution in [2.45, 2.75) is 12.5 Å². The maximum Gasteiger partial charge on any atom is 0.416 e. The lowest BCUT2D eigenvalue weighted by molar-refractivity contribution is -0.137. The lowest BCUT2D eigenvalue weighted by Crippen LogP contribution is -2.41. The molecule has 0 spiro atoms. The van der Waals surface area contributed by atoms with Gasteiger partial charge in [0.05, 0.1) is 12.7 Å². The van der Waals surface area contributed by atoms with E-state index in [1.165, 1.54) is 13.2 Å². The van der Waals surface area contributed by atoms with Gasteiger partial charge < -0.3 is 4.74 Å². The zero-order chi connectivity index (χ0) is 15.9. The highest BCUT2D eigenvalue weighted by Crippen LogP contribution is 2.36. The number of nitrogens with zero attached hydrogens (tertiary/aromatic N) is 2. The fraction of sp³-hybridized carbons (Fsp3) is 0.214.